The van der Waals surface area contributed by atoms with Gasteiger partial charge in [-0.15, -0.1) is 5.10 Å². The highest BCUT2D eigenvalue weighted by molar-refractivity contribution is 9.10. The van der Waals surface area contributed by atoms with Gasteiger partial charge in [-0.3, -0.25) is 4.79 Å². The Labute approximate surface area is 235 Å². The number of nitrogens with zero attached hydrogens (tertiary/aromatic N) is 5. The molecule has 10 heteroatoms. The van der Waals surface area contributed by atoms with Gasteiger partial charge in [0, 0.05) is 27.4 Å². The number of hydrogen-bond acceptors (Lipinski definition) is 6. The Morgan fingerprint density at radius 2 is 1.79 bits per heavy atom. The Morgan fingerprint density at radius 3 is 2.51 bits per heavy atom. The zero-order valence-electron chi connectivity index (χ0n) is 20.7. The van der Waals surface area contributed by atoms with E-state index in [1.807, 2.05) is 67.7 Å². The molecule has 0 aliphatic heterocycles. The van der Waals surface area contributed by atoms with Gasteiger partial charge in [0.1, 0.15) is 5.69 Å². The van der Waals surface area contributed by atoms with Crippen molar-refractivity contribution < 1.29 is 9.13 Å². The number of benzene rings is 3. The van der Waals surface area contributed by atoms with Crippen molar-refractivity contribution >= 4 is 38.3 Å². The number of fused-ring (bicyclic) bond motifs is 1. The molecule has 3 heterocycles. The van der Waals surface area contributed by atoms with Crippen LogP contribution in [0.4, 0.5) is 4.39 Å². The van der Waals surface area contributed by atoms with Crippen molar-refractivity contribution in [3.63, 3.8) is 0 Å². The molecule has 0 spiro atoms. The minimum Gasteiger partial charge on any atom is -0.491 e. The Balaban J connectivity index is 1.45. The molecule has 0 unspecified atom stereocenters. The highest BCUT2D eigenvalue weighted by Gasteiger charge is 2.16. The van der Waals surface area contributed by atoms with Crippen LogP contribution in [0.5, 0.6) is 5.75 Å². The number of thiazole rings is 1. The van der Waals surface area contributed by atoms with Gasteiger partial charge < -0.3 is 4.74 Å². The molecule has 7 nitrogen and oxygen atoms in total. The molecule has 0 radical (unpaired) electrons. The summed E-state index contributed by atoms with van der Waals surface area (Å²) >= 11 is 4.66. The van der Waals surface area contributed by atoms with Crippen LogP contribution in [0.1, 0.15) is 18.9 Å². The molecule has 39 heavy (non-hydrogen) atoms. The molecular formula is C29H21BrFN5O2S. The smallest absolute Gasteiger partial charge is 0.291 e. The number of para-hydroxylation sites is 1. The molecule has 0 N–H and O–H groups in total. The standard InChI is InChI=1S/C29H21BrFN5O2S/c1-2-14-38-24-13-10-19(15-23(24)31)26-20(17-35(33-26)22-6-4-3-5-7-22)16-25-28(37)36-29(39-25)32-27(34-36)18-8-11-21(30)12-9-18/h3-13,15-17H,2,14H2,1H3/b25-16-. The molecule has 0 fully saturated rings. The van der Waals surface area contributed by atoms with Gasteiger partial charge in [0.15, 0.2) is 17.4 Å². The summed E-state index contributed by atoms with van der Waals surface area (Å²) < 4.78 is 24.8. The number of halogens is 2. The molecule has 6 rings (SSSR count). The number of hydrogen-bond donors (Lipinski definition) is 0. The molecule has 0 atom stereocenters. The Bertz CT molecular complexity index is 1900. The molecule has 0 saturated carbocycles. The summed E-state index contributed by atoms with van der Waals surface area (Å²) in [6, 6.07) is 22.0. The molecule has 0 saturated heterocycles. The first kappa shape index (κ1) is 25.1. The van der Waals surface area contributed by atoms with Crippen molar-refractivity contribution in [3.05, 3.63) is 110 Å². The average molecular weight is 602 g/mol. The summed E-state index contributed by atoms with van der Waals surface area (Å²) in [4.78, 5) is 18.3. The molecule has 0 aliphatic carbocycles. The van der Waals surface area contributed by atoms with Crippen molar-refractivity contribution in [1.82, 2.24) is 24.4 Å². The number of rotatable bonds is 7. The maximum Gasteiger partial charge on any atom is 0.291 e. The maximum absolute atomic E-state index is 14.9. The van der Waals surface area contributed by atoms with Gasteiger partial charge in [-0.05, 0) is 55.0 Å². The molecule has 194 valence electrons. The fourth-order valence-electron chi connectivity index (χ4n) is 4.10. The first-order valence-electron chi connectivity index (χ1n) is 12.2. The summed E-state index contributed by atoms with van der Waals surface area (Å²) in [6.07, 6.45) is 4.36. The zero-order valence-corrected chi connectivity index (χ0v) is 23.1. The Kier molecular flexibility index (Phi) is 6.80. The third-order valence-electron chi connectivity index (χ3n) is 6.00. The highest BCUT2D eigenvalue weighted by Crippen LogP contribution is 2.29. The molecular weight excluding hydrogens is 581 g/mol. The van der Waals surface area contributed by atoms with E-state index in [4.69, 9.17) is 9.84 Å². The van der Waals surface area contributed by atoms with Gasteiger partial charge in [0.05, 0.1) is 16.8 Å². The van der Waals surface area contributed by atoms with E-state index in [9.17, 15) is 9.18 Å². The van der Waals surface area contributed by atoms with Crippen molar-refractivity contribution in [2.45, 2.75) is 13.3 Å². The Hall–Kier alpha value is -4.15. The fraction of sp³-hybridized carbons (Fsp3) is 0.103. The van der Waals surface area contributed by atoms with E-state index in [0.717, 1.165) is 22.1 Å². The summed E-state index contributed by atoms with van der Waals surface area (Å²) in [7, 11) is 0. The second-order valence-corrected chi connectivity index (χ2v) is 10.7. The summed E-state index contributed by atoms with van der Waals surface area (Å²) in [5.41, 5.74) is 3.15. The molecule has 3 aromatic heterocycles. The predicted octanol–water partition coefficient (Wildman–Crippen LogP) is 5.91. The average Bonchev–Trinajstić information content (AvgIpc) is 3.64. The van der Waals surface area contributed by atoms with Crippen LogP contribution in [-0.4, -0.2) is 31.0 Å². The number of aromatic nitrogens is 5. The van der Waals surface area contributed by atoms with E-state index < -0.39 is 5.82 Å². The van der Waals surface area contributed by atoms with Gasteiger partial charge in [-0.2, -0.15) is 14.6 Å². The van der Waals surface area contributed by atoms with Crippen LogP contribution >= 0.6 is 27.3 Å². The van der Waals surface area contributed by atoms with Crippen molar-refractivity contribution in [2.24, 2.45) is 0 Å². The Morgan fingerprint density at radius 1 is 1.03 bits per heavy atom. The van der Waals surface area contributed by atoms with Crippen molar-refractivity contribution in [3.8, 4) is 34.1 Å². The van der Waals surface area contributed by atoms with Gasteiger partial charge in [-0.25, -0.2) is 9.07 Å². The molecule has 3 aromatic carbocycles. The van der Waals surface area contributed by atoms with Crippen LogP contribution in [0, 0.1) is 5.82 Å². The second-order valence-electron chi connectivity index (χ2n) is 8.76. The first-order valence-corrected chi connectivity index (χ1v) is 13.9. The summed E-state index contributed by atoms with van der Waals surface area (Å²) in [5, 5.41) is 9.19. The largest absolute Gasteiger partial charge is 0.491 e. The first-order chi connectivity index (χ1) is 19.0. The van der Waals surface area contributed by atoms with Crippen LogP contribution in [0.25, 0.3) is 39.4 Å². The lowest BCUT2D eigenvalue weighted by atomic mass is 10.1. The minimum atomic E-state index is -0.468. The van der Waals surface area contributed by atoms with Crippen LogP contribution in [0.15, 0.2) is 88.3 Å². The van der Waals surface area contributed by atoms with E-state index in [1.54, 1.807) is 22.9 Å². The fourth-order valence-corrected chi connectivity index (χ4v) is 5.27. The second kappa shape index (κ2) is 10.5. The third kappa shape index (κ3) is 5.00. The predicted molar refractivity (Wildman–Crippen MR) is 154 cm³/mol. The minimum absolute atomic E-state index is 0.197. The van der Waals surface area contributed by atoms with Gasteiger partial charge in [-0.1, -0.05) is 64.5 Å². The van der Waals surface area contributed by atoms with Gasteiger partial charge in [0.2, 0.25) is 4.96 Å². The molecule has 0 aliphatic rings. The normalized spacial score (nSPS) is 11.9. The van der Waals surface area contributed by atoms with Gasteiger partial charge in [0.25, 0.3) is 5.56 Å². The zero-order chi connectivity index (χ0) is 26.9. The van der Waals surface area contributed by atoms with Crippen LogP contribution in [-0.2, 0) is 0 Å². The van der Waals surface area contributed by atoms with Crippen molar-refractivity contribution in [1.29, 1.82) is 0 Å². The third-order valence-corrected chi connectivity index (χ3v) is 7.49. The van der Waals surface area contributed by atoms with Crippen LogP contribution in [0.3, 0.4) is 0 Å². The lowest BCUT2D eigenvalue weighted by molar-refractivity contribution is 0.301. The lowest BCUT2D eigenvalue weighted by Crippen LogP contribution is -2.23. The van der Waals surface area contributed by atoms with E-state index >= 15 is 0 Å². The summed E-state index contributed by atoms with van der Waals surface area (Å²) in [5.74, 6) is 0.211. The van der Waals surface area contributed by atoms with Crippen molar-refractivity contribution in [2.75, 3.05) is 6.61 Å². The van der Waals surface area contributed by atoms with E-state index in [2.05, 4.69) is 26.0 Å². The maximum atomic E-state index is 14.9. The lowest BCUT2D eigenvalue weighted by Gasteiger charge is -2.07. The molecule has 0 amide bonds. The van der Waals surface area contributed by atoms with E-state index in [-0.39, 0.29) is 11.3 Å². The quantitative estimate of drug-likeness (QED) is 0.227. The molecule has 0 bridgehead atoms. The SMILES string of the molecule is CCCOc1ccc(-c2nn(-c3ccccc3)cc2/C=c2\sc3nc(-c4ccc(Br)cc4)nn3c2=O)cc1F. The van der Waals surface area contributed by atoms with E-state index in [1.165, 1.54) is 21.9 Å². The van der Waals surface area contributed by atoms with Crippen LogP contribution < -0.4 is 14.8 Å². The van der Waals surface area contributed by atoms with Crippen LogP contribution in [0.2, 0.25) is 0 Å². The summed E-state index contributed by atoms with van der Waals surface area (Å²) in [6.45, 7) is 2.40. The topological polar surface area (TPSA) is 74.3 Å². The van der Waals surface area contributed by atoms with E-state index in [0.29, 0.717) is 38.7 Å². The van der Waals surface area contributed by atoms with Gasteiger partial charge >= 0.3 is 0 Å². The molecule has 6 aromatic rings. The highest BCUT2D eigenvalue weighted by atomic mass is 79.9. The monoisotopic (exact) mass is 601 g/mol. The number of ether oxygens (including phenoxy) is 1.